The number of hydrogen-bond acceptors (Lipinski definition) is 6. The van der Waals surface area contributed by atoms with E-state index in [1.165, 1.54) is 16.6 Å². The fraction of sp³-hybridized carbons (Fsp3) is 0.130. The molecule has 0 aliphatic carbocycles. The van der Waals surface area contributed by atoms with Crippen LogP contribution in [0.5, 0.6) is 5.75 Å². The Morgan fingerprint density at radius 2 is 2.00 bits per heavy atom. The number of thioether (sulfide) groups is 1. The van der Waals surface area contributed by atoms with E-state index in [4.69, 9.17) is 26.4 Å². The van der Waals surface area contributed by atoms with Crippen molar-refractivity contribution in [2.75, 3.05) is 11.6 Å². The first-order valence-electron chi connectivity index (χ1n) is 9.79. The summed E-state index contributed by atoms with van der Waals surface area (Å²) in [5.41, 5.74) is 4.13. The first kappa shape index (κ1) is 19.0. The van der Waals surface area contributed by atoms with E-state index in [9.17, 15) is 0 Å². The van der Waals surface area contributed by atoms with Gasteiger partial charge in [0.2, 0.25) is 11.1 Å². The molecule has 4 heterocycles. The summed E-state index contributed by atoms with van der Waals surface area (Å²) in [6.45, 7) is 0. The van der Waals surface area contributed by atoms with Crippen molar-refractivity contribution < 1.29 is 4.74 Å². The monoisotopic (exact) mass is 464 g/mol. The molecule has 0 radical (unpaired) electrons. The lowest BCUT2D eigenvalue weighted by atomic mass is 9.87. The van der Waals surface area contributed by atoms with Crippen LogP contribution in [0.1, 0.15) is 28.1 Å². The average Bonchev–Trinajstić information content (AvgIpc) is 3.47. The lowest BCUT2D eigenvalue weighted by molar-refractivity contribution is 0.223. The molecular weight excluding hydrogens is 448 g/mol. The molecule has 2 aromatic heterocycles. The zero-order chi connectivity index (χ0) is 20.9. The minimum absolute atomic E-state index is 0.128. The van der Waals surface area contributed by atoms with Gasteiger partial charge in [0.1, 0.15) is 17.9 Å². The van der Waals surface area contributed by atoms with Crippen molar-refractivity contribution in [1.29, 1.82) is 0 Å². The Hall–Kier alpha value is -2.74. The Morgan fingerprint density at radius 3 is 2.77 bits per heavy atom. The number of thiophene rings is 1. The van der Waals surface area contributed by atoms with Gasteiger partial charge in [0, 0.05) is 21.0 Å². The van der Waals surface area contributed by atoms with Gasteiger partial charge in [0.05, 0.1) is 5.70 Å². The molecule has 6 rings (SSSR count). The minimum atomic E-state index is -0.264. The highest BCUT2D eigenvalue weighted by atomic mass is 35.5. The summed E-state index contributed by atoms with van der Waals surface area (Å²) < 4.78 is 8.58. The Morgan fingerprint density at radius 1 is 1.13 bits per heavy atom. The van der Waals surface area contributed by atoms with Crippen LogP contribution in [0.2, 0.25) is 5.02 Å². The first-order valence-corrected chi connectivity index (χ1v) is 12.3. The summed E-state index contributed by atoms with van der Waals surface area (Å²) in [5, 5.41) is 11.8. The van der Waals surface area contributed by atoms with Gasteiger partial charge in [0.15, 0.2) is 0 Å². The molecule has 0 bridgehead atoms. The molecule has 0 amide bonds. The highest BCUT2D eigenvalue weighted by Gasteiger charge is 2.41. The fourth-order valence-electron chi connectivity index (χ4n) is 4.19. The van der Waals surface area contributed by atoms with Gasteiger partial charge in [-0.25, -0.2) is 4.68 Å². The Labute approximate surface area is 192 Å². The number of benzene rings is 2. The largest absolute Gasteiger partial charge is 0.480 e. The van der Waals surface area contributed by atoms with E-state index in [2.05, 4.69) is 35.0 Å². The van der Waals surface area contributed by atoms with Crippen LogP contribution in [-0.2, 0) is 0 Å². The maximum atomic E-state index is 6.60. The average molecular weight is 465 g/mol. The zero-order valence-corrected chi connectivity index (χ0v) is 18.8. The topological polar surface area (TPSA) is 52.0 Å². The Kier molecular flexibility index (Phi) is 4.56. The molecule has 0 fully saturated rings. The molecular formula is C23H17ClN4OS2. The van der Waals surface area contributed by atoms with E-state index >= 15 is 0 Å². The van der Waals surface area contributed by atoms with Gasteiger partial charge >= 0.3 is 0 Å². The number of nitrogens with zero attached hydrogens (tertiary/aromatic N) is 3. The summed E-state index contributed by atoms with van der Waals surface area (Å²) in [7, 11) is 0. The molecule has 0 unspecified atom stereocenters. The summed E-state index contributed by atoms with van der Waals surface area (Å²) in [6.07, 6.45) is 1.72. The van der Waals surface area contributed by atoms with E-state index in [-0.39, 0.29) is 12.1 Å². The molecule has 0 spiro atoms. The molecule has 2 atom stereocenters. The van der Waals surface area contributed by atoms with Gasteiger partial charge in [-0.3, -0.25) is 0 Å². The quantitative estimate of drug-likeness (QED) is 0.362. The highest BCUT2D eigenvalue weighted by molar-refractivity contribution is 7.98. The molecule has 8 heteroatoms. The second-order valence-electron chi connectivity index (χ2n) is 7.29. The van der Waals surface area contributed by atoms with E-state index in [1.54, 1.807) is 11.3 Å². The number of rotatable bonds is 3. The third-order valence-electron chi connectivity index (χ3n) is 5.51. The maximum absolute atomic E-state index is 6.60. The molecule has 2 aliphatic rings. The molecule has 31 heavy (non-hydrogen) atoms. The highest BCUT2D eigenvalue weighted by Crippen LogP contribution is 2.51. The van der Waals surface area contributed by atoms with E-state index in [0.29, 0.717) is 5.02 Å². The van der Waals surface area contributed by atoms with Crippen LogP contribution in [0.25, 0.3) is 5.70 Å². The van der Waals surface area contributed by atoms with Crippen molar-refractivity contribution in [2.24, 2.45) is 0 Å². The van der Waals surface area contributed by atoms with Crippen molar-refractivity contribution in [3.63, 3.8) is 0 Å². The Bertz CT molecular complexity index is 1300. The van der Waals surface area contributed by atoms with Gasteiger partial charge in [0.25, 0.3) is 0 Å². The van der Waals surface area contributed by atoms with Crippen molar-refractivity contribution >= 4 is 46.3 Å². The van der Waals surface area contributed by atoms with Gasteiger partial charge in [-0.05, 0) is 41.5 Å². The van der Waals surface area contributed by atoms with Crippen LogP contribution < -0.4 is 10.1 Å². The lowest BCUT2D eigenvalue weighted by Crippen LogP contribution is -2.32. The van der Waals surface area contributed by atoms with Crippen LogP contribution in [0.4, 0.5) is 5.95 Å². The number of ether oxygens (including phenoxy) is 1. The van der Waals surface area contributed by atoms with Gasteiger partial charge in [-0.15, -0.1) is 16.4 Å². The zero-order valence-electron chi connectivity index (χ0n) is 16.4. The summed E-state index contributed by atoms with van der Waals surface area (Å²) >= 11 is 9.62. The van der Waals surface area contributed by atoms with Crippen molar-refractivity contribution in [3.05, 3.63) is 92.6 Å². The van der Waals surface area contributed by atoms with Crippen LogP contribution >= 0.6 is 34.7 Å². The standard InChI is InChI=1S/C23H17ClN4OS2/c1-30-23-26-22-25-19-15-12-14(24)9-10-16(15)29-21(13-6-3-2-4-7-13)18(19)20(28(22)27-23)17-8-5-11-31-17/h2-12,20-21H,1H3,(H,25,26,27)/t20-,21-/m1/s1. The number of aromatic nitrogens is 3. The smallest absolute Gasteiger partial charge is 0.227 e. The summed E-state index contributed by atoms with van der Waals surface area (Å²) in [5.74, 6) is 1.52. The number of fused-ring (bicyclic) bond motifs is 3. The van der Waals surface area contributed by atoms with Crippen LogP contribution in [-0.4, -0.2) is 21.0 Å². The first-order chi connectivity index (χ1) is 15.2. The molecule has 0 saturated heterocycles. The van der Waals surface area contributed by atoms with Crippen LogP contribution in [0.15, 0.2) is 76.8 Å². The van der Waals surface area contributed by atoms with Crippen LogP contribution in [0, 0.1) is 0 Å². The predicted molar refractivity (Wildman–Crippen MR) is 126 cm³/mol. The number of hydrogen-bond donors (Lipinski definition) is 1. The van der Waals surface area contributed by atoms with Crippen LogP contribution in [0.3, 0.4) is 0 Å². The third-order valence-corrected chi connectivity index (χ3v) is 7.21. The van der Waals surface area contributed by atoms with E-state index in [1.807, 2.05) is 47.3 Å². The lowest BCUT2D eigenvalue weighted by Gasteiger charge is -2.38. The number of anilines is 1. The molecule has 4 aromatic rings. The molecule has 0 saturated carbocycles. The molecule has 2 aromatic carbocycles. The van der Waals surface area contributed by atoms with Gasteiger partial charge in [-0.1, -0.05) is 59.8 Å². The maximum Gasteiger partial charge on any atom is 0.227 e. The van der Waals surface area contributed by atoms with Gasteiger partial charge < -0.3 is 10.1 Å². The minimum Gasteiger partial charge on any atom is -0.480 e. The second kappa shape index (κ2) is 7.44. The Balaban J connectivity index is 1.64. The summed E-state index contributed by atoms with van der Waals surface area (Å²) in [4.78, 5) is 5.90. The SMILES string of the molecule is CSc1nc2n(n1)[C@H](c1cccs1)C1=C(N2)c2cc(Cl)ccc2O[C@@H]1c1ccccc1. The molecule has 5 nitrogen and oxygen atoms in total. The normalized spacial score (nSPS) is 19.2. The van der Waals surface area contributed by atoms with E-state index < -0.39 is 0 Å². The van der Waals surface area contributed by atoms with E-state index in [0.717, 1.165) is 39.3 Å². The molecule has 154 valence electrons. The summed E-state index contributed by atoms with van der Waals surface area (Å²) in [6, 6.07) is 20.1. The third kappa shape index (κ3) is 3.07. The number of halogens is 1. The molecule has 2 aliphatic heterocycles. The van der Waals surface area contributed by atoms with Crippen molar-refractivity contribution in [1.82, 2.24) is 14.8 Å². The van der Waals surface area contributed by atoms with Crippen molar-refractivity contribution in [2.45, 2.75) is 17.3 Å². The molecule has 1 N–H and O–H groups in total. The fourth-order valence-corrected chi connectivity index (χ4v) is 5.54. The van der Waals surface area contributed by atoms with Crippen molar-refractivity contribution in [3.8, 4) is 5.75 Å². The number of nitrogens with one attached hydrogen (secondary N) is 1. The second-order valence-corrected chi connectivity index (χ2v) is 9.48. The van der Waals surface area contributed by atoms with Gasteiger partial charge in [-0.2, -0.15) is 4.98 Å². The predicted octanol–water partition coefficient (Wildman–Crippen LogP) is 6.27.